The van der Waals surface area contributed by atoms with Gasteiger partial charge in [0.25, 0.3) is 0 Å². The zero-order chi connectivity index (χ0) is 13.4. The van der Waals surface area contributed by atoms with Crippen LogP contribution < -0.4 is 0 Å². The third-order valence-corrected chi connectivity index (χ3v) is 3.63. The lowest BCUT2D eigenvalue weighted by atomic mass is 9.99. The SMILES string of the molecule is O=C1OC(Cc2cccc(F)c2)c2ccc(Br)cc21. The van der Waals surface area contributed by atoms with Crippen LogP contribution in [-0.2, 0) is 11.2 Å². The van der Waals surface area contributed by atoms with E-state index in [-0.39, 0.29) is 17.9 Å². The van der Waals surface area contributed by atoms with Crippen molar-refractivity contribution in [1.29, 1.82) is 0 Å². The highest BCUT2D eigenvalue weighted by molar-refractivity contribution is 9.10. The maximum Gasteiger partial charge on any atom is 0.339 e. The first-order chi connectivity index (χ1) is 9.13. The second-order valence-electron chi connectivity index (χ2n) is 4.46. The molecule has 0 aromatic heterocycles. The molecule has 1 unspecified atom stereocenters. The first-order valence-corrected chi connectivity index (χ1v) is 6.67. The second-order valence-corrected chi connectivity index (χ2v) is 5.38. The van der Waals surface area contributed by atoms with Gasteiger partial charge in [-0.2, -0.15) is 0 Å². The van der Waals surface area contributed by atoms with Crippen molar-refractivity contribution < 1.29 is 13.9 Å². The van der Waals surface area contributed by atoms with Crippen LogP contribution in [0.25, 0.3) is 0 Å². The van der Waals surface area contributed by atoms with E-state index in [0.29, 0.717) is 12.0 Å². The smallest absolute Gasteiger partial charge is 0.339 e. The average Bonchev–Trinajstić information content (AvgIpc) is 2.66. The molecule has 0 spiro atoms. The van der Waals surface area contributed by atoms with E-state index in [9.17, 15) is 9.18 Å². The minimum Gasteiger partial charge on any atom is -0.454 e. The normalized spacial score (nSPS) is 17.2. The number of fused-ring (bicyclic) bond motifs is 1. The molecule has 1 aliphatic heterocycles. The van der Waals surface area contributed by atoms with Crippen molar-refractivity contribution in [2.75, 3.05) is 0 Å². The summed E-state index contributed by atoms with van der Waals surface area (Å²) in [5, 5.41) is 0. The monoisotopic (exact) mass is 320 g/mol. The van der Waals surface area contributed by atoms with E-state index < -0.39 is 0 Å². The van der Waals surface area contributed by atoms with Crippen molar-refractivity contribution in [3.8, 4) is 0 Å². The summed E-state index contributed by atoms with van der Waals surface area (Å²) in [6.07, 6.45) is 0.149. The molecule has 0 fully saturated rings. The summed E-state index contributed by atoms with van der Waals surface area (Å²) >= 11 is 3.33. The van der Waals surface area contributed by atoms with E-state index in [1.54, 1.807) is 12.1 Å². The lowest BCUT2D eigenvalue weighted by Gasteiger charge is -2.10. The minimum absolute atomic E-state index is 0.280. The van der Waals surface area contributed by atoms with Gasteiger partial charge >= 0.3 is 5.97 Å². The second kappa shape index (κ2) is 4.78. The Balaban J connectivity index is 1.91. The fourth-order valence-electron chi connectivity index (χ4n) is 2.27. The van der Waals surface area contributed by atoms with Gasteiger partial charge in [0, 0.05) is 16.5 Å². The maximum atomic E-state index is 13.2. The highest BCUT2D eigenvalue weighted by Gasteiger charge is 2.31. The molecule has 3 rings (SSSR count). The molecule has 96 valence electrons. The predicted octanol–water partition coefficient (Wildman–Crippen LogP) is 4.04. The Bertz CT molecular complexity index is 654. The van der Waals surface area contributed by atoms with Crippen molar-refractivity contribution in [1.82, 2.24) is 0 Å². The lowest BCUT2D eigenvalue weighted by molar-refractivity contribution is 0.0387. The molecular formula is C15H10BrFO2. The van der Waals surface area contributed by atoms with Crippen molar-refractivity contribution in [3.05, 3.63) is 69.4 Å². The highest BCUT2D eigenvalue weighted by Crippen LogP contribution is 2.34. The van der Waals surface area contributed by atoms with Gasteiger partial charge in [0.05, 0.1) is 5.56 Å². The number of hydrogen-bond acceptors (Lipinski definition) is 2. The summed E-state index contributed by atoms with van der Waals surface area (Å²) < 4.78 is 19.3. The predicted molar refractivity (Wildman–Crippen MR) is 72.4 cm³/mol. The van der Waals surface area contributed by atoms with Gasteiger partial charge in [0.2, 0.25) is 0 Å². The quantitative estimate of drug-likeness (QED) is 0.780. The minimum atomic E-state index is -0.336. The van der Waals surface area contributed by atoms with E-state index >= 15 is 0 Å². The zero-order valence-electron chi connectivity index (χ0n) is 9.90. The largest absolute Gasteiger partial charge is 0.454 e. The van der Waals surface area contributed by atoms with Gasteiger partial charge in [-0.25, -0.2) is 9.18 Å². The molecule has 1 aliphatic rings. The molecule has 1 atom stereocenters. The van der Waals surface area contributed by atoms with Crippen LogP contribution in [0.5, 0.6) is 0 Å². The van der Waals surface area contributed by atoms with Crippen molar-refractivity contribution >= 4 is 21.9 Å². The van der Waals surface area contributed by atoms with Gasteiger partial charge in [-0.1, -0.05) is 34.1 Å². The summed E-state index contributed by atoms with van der Waals surface area (Å²) in [6, 6.07) is 11.8. The van der Waals surface area contributed by atoms with E-state index in [0.717, 1.165) is 15.6 Å². The molecule has 0 aliphatic carbocycles. The number of hydrogen-bond donors (Lipinski definition) is 0. The summed E-state index contributed by atoms with van der Waals surface area (Å²) in [4.78, 5) is 11.8. The van der Waals surface area contributed by atoms with Crippen LogP contribution in [-0.4, -0.2) is 5.97 Å². The molecule has 2 nitrogen and oxygen atoms in total. The Morgan fingerprint density at radius 2 is 2.05 bits per heavy atom. The van der Waals surface area contributed by atoms with Crippen LogP contribution in [0.15, 0.2) is 46.9 Å². The number of benzene rings is 2. The number of halogens is 2. The number of carbonyl (C=O) groups excluding carboxylic acids is 1. The van der Waals surface area contributed by atoms with Crippen molar-refractivity contribution in [2.24, 2.45) is 0 Å². The van der Waals surface area contributed by atoms with E-state index in [1.807, 2.05) is 18.2 Å². The molecular weight excluding hydrogens is 311 g/mol. The van der Waals surface area contributed by atoms with Gasteiger partial charge in [-0.3, -0.25) is 0 Å². The molecule has 19 heavy (non-hydrogen) atoms. The van der Waals surface area contributed by atoms with Crippen LogP contribution in [0.1, 0.15) is 27.6 Å². The third-order valence-electron chi connectivity index (χ3n) is 3.14. The van der Waals surface area contributed by atoms with Crippen LogP contribution in [0, 0.1) is 5.82 Å². The molecule has 0 amide bonds. The van der Waals surface area contributed by atoms with Crippen LogP contribution in [0.2, 0.25) is 0 Å². The Hall–Kier alpha value is -1.68. The summed E-state index contributed by atoms with van der Waals surface area (Å²) in [5.74, 6) is -0.601. The molecule has 2 aromatic carbocycles. The summed E-state index contributed by atoms with van der Waals surface area (Å²) in [5.41, 5.74) is 2.25. The molecule has 0 N–H and O–H groups in total. The average molecular weight is 321 g/mol. The topological polar surface area (TPSA) is 26.3 Å². The highest BCUT2D eigenvalue weighted by atomic mass is 79.9. The molecule has 0 radical (unpaired) electrons. The van der Waals surface area contributed by atoms with Crippen LogP contribution in [0.3, 0.4) is 0 Å². The molecule has 1 heterocycles. The van der Waals surface area contributed by atoms with Gasteiger partial charge in [0.1, 0.15) is 11.9 Å². The standard InChI is InChI=1S/C15H10BrFO2/c16-10-4-5-12-13(8-10)15(18)19-14(12)7-9-2-1-3-11(17)6-9/h1-6,8,14H,7H2. The summed E-state index contributed by atoms with van der Waals surface area (Å²) in [6.45, 7) is 0. The number of carbonyl (C=O) groups is 1. The van der Waals surface area contributed by atoms with Crippen molar-refractivity contribution in [3.63, 3.8) is 0 Å². The van der Waals surface area contributed by atoms with Gasteiger partial charge < -0.3 is 4.74 Å². The first-order valence-electron chi connectivity index (χ1n) is 5.88. The third kappa shape index (κ3) is 2.40. The number of rotatable bonds is 2. The molecule has 0 saturated carbocycles. The van der Waals surface area contributed by atoms with Gasteiger partial charge in [-0.05, 0) is 29.8 Å². The Kier molecular flexibility index (Phi) is 3.11. The molecule has 0 saturated heterocycles. The van der Waals surface area contributed by atoms with Crippen LogP contribution >= 0.6 is 15.9 Å². The lowest BCUT2D eigenvalue weighted by Crippen LogP contribution is -2.02. The molecule has 0 bridgehead atoms. The Morgan fingerprint density at radius 3 is 2.84 bits per heavy atom. The number of esters is 1. The zero-order valence-corrected chi connectivity index (χ0v) is 11.5. The van der Waals surface area contributed by atoms with E-state index in [1.165, 1.54) is 12.1 Å². The Morgan fingerprint density at radius 1 is 1.21 bits per heavy atom. The van der Waals surface area contributed by atoms with E-state index in [4.69, 9.17) is 4.74 Å². The van der Waals surface area contributed by atoms with E-state index in [2.05, 4.69) is 15.9 Å². The fourth-order valence-corrected chi connectivity index (χ4v) is 2.63. The Labute approximate surface area is 118 Å². The number of cyclic esters (lactones) is 1. The van der Waals surface area contributed by atoms with Crippen molar-refractivity contribution in [2.45, 2.75) is 12.5 Å². The van der Waals surface area contributed by atoms with Crippen LogP contribution in [0.4, 0.5) is 4.39 Å². The fraction of sp³-hybridized carbons (Fsp3) is 0.133. The van der Waals surface area contributed by atoms with Gasteiger partial charge in [-0.15, -0.1) is 0 Å². The number of ether oxygens (including phenoxy) is 1. The molecule has 2 aromatic rings. The first kappa shape index (κ1) is 12.4. The molecule has 4 heteroatoms. The van der Waals surface area contributed by atoms with Gasteiger partial charge in [0.15, 0.2) is 0 Å². The summed E-state index contributed by atoms with van der Waals surface area (Å²) in [7, 11) is 0. The maximum absolute atomic E-state index is 13.2.